The number of piperidine rings is 1. The fourth-order valence-corrected chi connectivity index (χ4v) is 3.50. The third kappa shape index (κ3) is 4.12. The number of carbonyl (C=O) groups excluding carboxylic acids is 2. The molecule has 1 aromatic rings. The van der Waals surface area contributed by atoms with Crippen LogP contribution in [0.5, 0.6) is 0 Å². The minimum atomic E-state index is -0.260. The number of amides is 2. The number of carbonyl (C=O) groups is 2. The summed E-state index contributed by atoms with van der Waals surface area (Å²) in [5, 5.41) is 3.08. The lowest BCUT2D eigenvalue weighted by Crippen LogP contribution is -2.57. The second kappa shape index (κ2) is 7.75. The van der Waals surface area contributed by atoms with Gasteiger partial charge < -0.3 is 15.1 Å². The Kier molecular flexibility index (Phi) is 5.45. The molecule has 2 heterocycles. The average Bonchev–Trinajstić information content (AvgIpc) is 2.61. The molecule has 0 saturated carbocycles. The first-order valence-electron chi connectivity index (χ1n) is 8.66. The van der Waals surface area contributed by atoms with Gasteiger partial charge in [-0.05, 0) is 37.0 Å². The molecule has 5 nitrogen and oxygen atoms in total. The van der Waals surface area contributed by atoms with E-state index in [4.69, 9.17) is 0 Å². The second-order valence-corrected chi connectivity index (χ2v) is 6.53. The predicted octanol–water partition coefficient (Wildman–Crippen LogP) is 1.18. The topological polar surface area (TPSA) is 52.7 Å². The Balaban J connectivity index is 1.52. The van der Waals surface area contributed by atoms with Crippen molar-refractivity contribution in [3.8, 4) is 0 Å². The molecular weight excluding hydrogens is 309 g/mol. The highest BCUT2D eigenvalue weighted by molar-refractivity contribution is 5.80. The van der Waals surface area contributed by atoms with E-state index in [1.807, 2.05) is 9.80 Å². The number of hydrogen-bond donors (Lipinski definition) is 1. The molecule has 3 rings (SSSR count). The van der Waals surface area contributed by atoms with Gasteiger partial charge in [-0.25, -0.2) is 4.39 Å². The van der Waals surface area contributed by atoms with Crippen LogP contribution in [0, 0.1) is 5.82 Å². The highest BCUT2D eigenvalue weighted by Crippen LogP contribution is 2.18. The van der Waals surface area contributed by atoms with Crippen LogP contribution in [-0.4, -0.2) is 60.4 Å². The van der Waals surface area contributed by atoms with Crippen molar-refractivity contribution in [1.82, 2.24) is 15.1 Å². The van der Waals surface area contributed by atoms with Crippen LogP contribution in [0.1, 0.15) is 24.8 Å². The standard InChI is InChI=1S/C18H24FN3O2/c19-15-6-3-14(4-7-15)5-8-17(23)21-10-1-2-16(13-21)22-11-9-20-12-18(22)24/h3-4,6-7,16,20H,1-2,5,8-13H2. The van der Waals surface area contributed by atoms with Gasteiger partial charge in [0.15, 0.2) is 0 Å². The molecule has 0 radical (unpaired) electrons. The number of benzene rings is 1. The monoisotopic (exact) mass is 333 g/mol. The molecule has 0 bridgehead atoms. The van der Waals surface area contributed by atoms with E-state index in [9.17, 15) is 14.0 Å². The molecule has 0 aliphatic carbocycles. The normalized spacial score (nSPS) is 21.9. The van der Waals surface area contributed by atoms with Gasteiger partial charge >= 0.3 is 0 Å². The highest BCUT2D eigenvalue weighted by Gasteiger charge is 2.31. The lowest BCUT2D eigenvalue weighted by Gasteiger charge is -2.41. The maximum atomic E-state index is 12.9. The van der Waals surface area contributed by atoms with Crippen LogP contribution in [0.15, 0.2) is 24.3 Å². The summed E-state index contributed by atoms with van der Waals surface area (Å²) < 4.78 is 12.9. The van der Waals surface area contributed by atoms with Crippen molar-refractivity contribution in [3.63, 3.8) is 0 Å². The fraction of sp³-hybridized carbons (Fsp3) is 0.556. The van der Waals surface area contributed by atoms with E-state index in [-0.39, 0.29) is 23.7 Å². The molecule has 2 aliphatic heterocycles. The third-order valence-corrected chi connectivity index (χ3v) is 4.86. The zero-order valence-corrected chi connectivity index (χ0v) is 13.8. The van der Waals surface area contributed by atoms with Gasteiger partial charge in [0, 0.05) is 38.6 Å². The molecule has 2 fully saturated rings. The maximum Gasteiger partial charge on any atom is 0.236 e. The molecule has 6 heteroatoms. The van der Waals surface area contributed by atoms with Crippen LogP contribution in [0.2, 0.25) is 0 Å². The van der Waals surface area contributed by atoms with E-state index in [1.165, 1.54) is 12.1 Å². The smallest absolute Gasteiger partial charge is 0.236 e. The van der Waals surface area contributed by atoms with E-state index < -0.39 is 0 Å². The minimum absolute atomic E-state index is 0.117. The van der Waals surface area contributed by atoms with Crippen molar-refractivity contribution in [2.24, 2.45) is 0 Å². The summed E-state index contributed by atoms with van der Waals surface area (Å²) >= 11 is 0. The number of piperazine rings is 1. The van der Waals surface area contributed by atoms with Crippen LogP contribution in [-0.2, 0) is 16.0 Å². The number of likely N-dealkylation sites (tertiary alicyclic amines) is 1. The molecule has 0 aromatic heterocycles. The number of rotatable bonds is 4. The number of halogens is 1. The van der Waals surface area contributed by atoms with Gasteiger partial charge in [-0.3, -0.25) is 9.59 Å². The summed E-state index contributed by atoms with van der Waals surface area (Å²) in [7, 11) is 0. The maximum absolute atomic E-state index is 12.9. The number of nitrogens with one attached hydrogen (secondary N) is 1. The fourth-order valence-electron chi connectivity index (χ4n) is 3.50. The summed E-state index contributed by atoms with van der Waals surface area (Å²) in [6, 6.07) is 6.43. The van der Waals surface area contributed by atoms with Crippen LogP contribution in [0.25, 0.3) is 0 Å². The second-order valence-electron chi connectivity index (χ2n) is 6.53. The molecule has 2 aliphatic rings. The van der Waals surface area contributed by atoms with Crippen molar-refractivity contribution in [1.29, 1.82) is 0 Å². The lowest BCUT2D eigenvalue weighted by molar-refractivity contribution is -0.140. The van der Waals surface area contributed by atoms with Gasteiger partial charge in [-0.2, -0.15) is 0 Å². The molecule has 0 spiro atoms. The van der Waals surface area contributed by atoms with Gasteiger partial charge in [0.1, 0.15) is 5.82 Å². The van der Waals surface area contributed by atoms with E-state index in [1.54, 1.807) is 12.1 Å². The Morgan fingerprint density at radius 1 is 1.25 bits per heavy atom. The zero-order valence-electron chi connectivity index (χ0n) is 13.8. The molecule has 1 N–H and O–H groups in total. The Morgan fingerprint density at radius 3 is 2.79 bits per heavy atom. The molecule has 1 atom stereocenters. The number of hydrogen-bond acceptors (Lipinski definition) is 3. The van der Waals surface area contributed by atoms with Gasteiger partial charge in [-0.15, -0.1) is 0 Å². The van der Waals surface area contributed by atoms with Crippen molar-refractivity contribution in [2.45, 2.75) is 31.7 Å². The summed E-state index contributed by atoms with van der Waals surface area (Å²) in [6.07, 6.45) is 2.94. The van der Waals surface area contributed by atoms with Gasteiger partial charge in [0.05, 0.1) is 6.54 Å². The summed E-state index contributed by atoms with van der Waals surface area (Å²) in [5.74, 6) is -0.0110. The molecule has 1 unspecified atom stereocenters. The van der Waals surface area contributed by atoms with Crippen molar-refractivity contribution in [3.05, 3.63) is 35.6 Å². The predicted molar refractivity (Wildman–Crippen MR) is 88.9 cm³/mol. The van der Waals surface area contributed by atoms with Crippen LogP contribution in [0.4, 0.5) is 4.39 Å². The molecular formula is C18H24FN3O2. The summed E-state index contributed by atoms with van der Waals surface area (Å²) in [5.41, 5.74) is 0.968. The molecule has 24 heavy (non-hydrogen) atoms. The first-order valence-corrected chi connectivity index (χ1v) is 8.66. The van der Waals surface area contributed by atoms with E-state index in [0.29, 0.717) is 25.9 Å². The van der Waals surface area contributed by atoms with Gasteiger partial charge in [-0.1, -0.05) is 12.1 Å². The largest absolute Gasteiger partial charge is 0.341 e. The Bertz CT molecular complexity index is 590. The Morgan fingerprint density at radius 2 is 2.04 bits per heavy atom. The summed E-state index contributed by atoms with van der Waals surface area (Å²) in [4.78, 5) is 28.3. The van der Waals surface area contributed by atoms with Crippen LogP contribution < -0.4 is 5.32 Å². The van der Waals surface area contributed by atoms with Gasteiger partial charge in [0.2, 0.25) is 11.8 Å². The number of aryl methyl sites for hydroxylation is 1. The van der Waals surface area contributed by atoms with Crippen molar-refractivity contribution >= 4 is 11.8 Å². The molecule has 1 aromatic carbocycles. The van der Waals surface area contributed by atoms with E-state index >= 15 is 0 Å². The van der Waals surface area contributed by atoms with Crippen molar-refractivity contribution in [2.75, 3.05) is 32.7 Å². The quantitative estimate of drug-likeness (QED) is 0.900. The first kappa shape index (κ1) is 16.9. The highest BCUT2D eigenvalue weighted by atomic mass is 19.1. The molecule has 130 valence electrons. The van der Waals surface area contributed by atoms with Crippen LogP contribution >= 0.6 is 0 Å². The third-order valence-electron chi connectivity index (χ3n) is 4.86. The van der Waals surface area contributed by atoms with Crippen LogP contribution in [0.3, 0.4) is 0 Å². The SMILES string of the molecule is O=C(CCc1ccc(F)cc1)N1CCCC(N2CCNCC2=O)C1. The van der Waals surface area contributed by atoms with E-state index in [0.717, 1.165) is 38.0 Å². The zero-order chi connectivity index (χ0) is 16.9. The molecule has 2 saturated heterocycles. The minimum Gasteiger partial charge on any atom is -0.341 e. The number of nitrogens with zero attached hydrogens (tertiary/aromatic N) is 2. The van der Waals surface area contributed by atoms with E-state index in [2.05, 4.69) is 5.32 Å². The first-order chi connectivity index (χ1) is 11.6. The average molecular weight is 333 g/mol. The van der Waals surface area contributed by atoms with Gasteiger partial charge in [0.25, 0.3) is 0 Å². The summed E-state index contributed by atoms with van der Waals surface area (Å²) in [6.45, 7) is 3.34. The Labute approximate surface area is 141 Å². The lowest BCUT2D eigenvalue weighted by atomic mass is 10.0. The molecule has 2 amide bonds. The Hall–Kier alpha value is -1.95. The van der Waals surface area contributed by atoms with Crippen molar-refractivity contribution < 1.29 is 14.0 Å².